The molecule has 0 bridgehead atoms. The Kier molecular flexibility index (Phi) is 6.91. The summed E-state index contributed by atoms with van der Waals surface area (Å²) in [4.78, 5) is 32.6. The molecule has 1 N–H and O–H groups in total. The maximum atomic E-state index is 11.8. The molecule has 1 amide bonds. The van der Waals surface area contributed by atoms with Crippen LogP contribution in [0.4, 0.5) is 5.95 Å². The van der Waals surface area contributed by atoms with Gasteiger partial charge in [-0.1, -0.05) is 6.08 Å². The first-order valence-electron chi connectivity index (χ1n) is 6.21. The van der Waals surface area contributed by atoms with Crippen LogP contribution in [-0.2, 0) is 14.3 Å². The van der Waals surface area contributed by atoms with E-state index in [9.17, 15) is 9.59 Å². The predicted octanol–water partition coefficient (Wildman–Crippen LogP) is 0.466. The maximum absolute atomic E-state index is 11.8. The number of esters is 1. The van der Waals surface area contributed by atoms with Crippen molar-refractivity contribution >= 4 is 17.8 Å². The van der Waals surface area contributed by atoms with Gasteiger partial charge in [0.2, 0.25) is 11.9 Å². The Morgan fingerprint density at radius 3 is 2.70 bits per heavy atom. The summed E-state index contributed by atoms with van der Waals surface area (Å²) in [6, 6.07) is 1.65. The number of rotatable bonds is 8. The van der Waals surface area contributed by atoms with Gasteiger partial charge in [-0.3, -0.25) is 19.8 Å². The molecule has 0 radical (unpaired) electrons. The van der Waals surface area contributed by atoms with Crippen LogP contribution in [0.25, 0.3) is 0 Å². The summed E-state index contributed by atoms with van der Waals surface area (Å²) >= 11 is 0. The summed E-state index contributed by atoms with van der Waals surface area (Å²) in [6.07, 6.45) is 4.68. The molecule has 0 fully saturated rings. The van der Waals surface area contributed by atoms with Crippen molar-refractivity contribution in [3.05, 3.63) is 31.1 Å². The highest BCUT2D eigenvalue weighted by Gasteiger charge is 2.14. The highest BCUT2D eigenvalue weighted by Crippen LogP contribution is 1.96. The third-order valence-electron chi connectivity index (χ3n) is 2.23. The molecule has 1 aromatic rings. The van der Waals surface area contributed by atoms with Gasteiger partial charge in [0.1, 0.15) is 0 Å². The van der Waals surface area contributed by atoms with Crippen LogP contribution >= 0.6 is 0 Å². The standard InChI is InChI=1S/C13H18N4O3/c1-3-8-17(10-12(19)20-4-2)9-11(18)16-13-14-6-5-7-15-13/h3,5-7H,1,4,8-10H2,2H3,(H,14,15,16,18). The summed E-state index contributed by atoms with van der Waals surface area (Å²) in [6.45, 7) is 6.10. The second-order valence-electron chi connectivity index (χ2n) is 3.88. The quantitative estimate of drug-likeness (QED) is 0.549. The van der Waals surface area contributed by atoms with Gasteiger partial charge < -0.3 is 4.74 Å². The van der Waals surface area contributed by atoms with Crippen molar-refractivity contribution in [1.82, 2.24) is 14.9 Å². The minimum Gasteiger partial charge on any atom is -0.465 e. The van der Waals surface area contributed by atoms with Crippen LogP contribution in [0.15, 0.2) is 31.1 Å². The molecule has 1 aromatic heterocycles. The summed E-state index contributed by atoms with van der Waals surface area (Å²) in [5.74, 6) is -0.451. The van der Waals surface area contributed by atoms with Gasteiger partial charge in [-0.05, 0) is 13.0 Å². The number of aromatic nitrogens is 2. The Hall–Kier alpha value is -2.28. The van der Waals surface area contributed by atoms with E-state index < -0.39 is 0 Å². The first kappa shape index (κ1) is 15.8. The topological polar surface area (TPSA) is 84.4 Å². The van der Waals surface area contributed by atoms with E-state index in [1.807, 2.05) is 0 Å². The SMILES string of the molecule is C=CCN(CC(=O)Nc1ncccn1)CC(=O)OCC. The van der Waals surface area contributed by atoms with Crippen molar-refractivity contribution in [3.63, 3.8) is 0 Å². The van der Waals surface area contributed by atoms with Gasteiger partial charge in [0.25, 0.3) is 0 Å². The van der Waals surface area contributed by atoms with E-state index in [4.69, 9.17) is 4.74 Å². The Morgan fingerprint density at radius 1 is 1.40 bits per heavy atom. The Bertz CT molecular complexity index is 450. The first-order chi connectivity index (χ1) is 9.65. The summed E-state index contributed by atoms with van der Waals surface area (Å²) in [7, 11) is 0. The molecule has 108 valence electrons. The van der Waals surface area contributed by atoms with Crippen molar-refractivity contribution in [2.45, 2.75) is 6.92 Å². The molecule has 0 aliphatic rings. The number of anilines is 1. The monoisotopic (exact) mass is 278 g/mol. The fourth-order valence-electron chi connectivity index (χ4n) is 1.49. The lowest BCUT2D eigenvalue weighted by molar-refractivity contribution is -0.144. The maximum Gasteiger partial charge on any atom is 0.320 e. The lowest BCUT2D eigenvalue weighted by Crippen LogP contribution is -2.37. The van der Waals surface area contributed by atoms with Crippen LogP contribution < -0.4 is 5.32 Å². The van der Waals surface area contributed by atoms with E-state index in [2.05, 4.69) is 21.9 Å². The van der Waals surface area contributed by atoms with Gasteiger partial charge in [-0.15, -0.1) is 6.58 Å². The normalized spacial score (nSPS) is 10.1. The second-order valence-corrected chi connectivity index (χ2v) is 3.88. The Morgan fingerprint density at radius 2 is 2.10 bits per heavy atom. The molecule has 7 nitrogen and oxygen atoms in total. The van der Waals surface area contributed by atoms with Gasteiger partial charge in [-0.2, -0.15) is 0 Å². The van der Waals surface area contributed by atoms with Crippen LogP contribution in [0.2, 0.25) is 0 Å². The van der Waals surface area contributed by atoms with Gasteiger partial charge in [0.15, 0.2) is 0 Å². The van der Waals surface area contributed by atoms with E-state index in [1.165, 1.54) is 12.4 Å². The summed E-state index contributed by atoms with van der Waals surface area (Å²) in [5.41, 5.74) is 0. The number of hydrogen-bond acceptors (Lipinski definition) is 6. The van der Waals surface area contributed by atoms with E-state index >= 15 is 0 Å². The molecular formula is C13H18N4O3. The molecule has 0 saturated carbocycles. The first-order valence-corrected chi connectivity index (χ1v) is 6.21. The minimum absolute atomic E-state index is 0.0307. The van der Waals surface area contributed by atoms with Crippen molar-refractivity contribution < 1.29 is 14.3 Å². The number of ether oxygens (including phenoxy) is 1. The molecule has 0 atom stereocenters. The van der Waals surface area contributed by atoms with Crippen LogP contribution in [0.1, 0.15) is 6.92 Å². The largest absolute Gasteiger partial charge is 0.465 e. The zero-order valence-corrected chi connectivity index (χ0v) is 11.4. The number of carbonyl (C=O) groups is 2. The van der Waals surface area contributed by atoms with Crippen molar-refractivity contribution in [1.29, 1.82) is 0 Å². The third-order valence-corrected chi connectivity index (χ3v) is 2.23. The smallest absolute Gasteiger partial charge is 0.320 e. The molecular weight excluding hydrogens is 260 g/mol. The van der Waals surface area contributed by atoms with Gasteiger partial charge in [-0.25, -0.2) is 9.97 Å². The highest BCUT2D eigenvalue weighted by atomic mass is 16.5. The third kappa shape index (κ3) is 6.05. The molecule has 0 unspecified atom stereocenters. The van der Waals surface area contributed by atoms with E-state index in [-0.39, 0.29) is 30.9 Å². The van der Waals surface area contributed by atoms with E-state index in [1.54, 1.807) is 24.0 Å². The van der Waals surface area contributed by atoms with Crippen molar-refractivity contribution in [2.75, 3.05) is 31.6 Å². The fraction of sp³-hybridized carbons (Fsp3) is 0.385. The lowest BCUT2D eigenvalue weighted by atomic mass is 10.4. The molecule has 7 heteroatoms. The van der Waals surface area contributed by atoms with Gasteiger partial charge in [0, 0.05) is 18.9 Å². The van der Waals surface area contributed by atoms with Crippen LogP contribution in [0.5, 0.6) is 0 Å². The molecule has 0 spiro atoms. The Balaban J connectivity index is 2.50. The number of nitrogens with one attached hydrogen (secondary N) is 1. The number of carbonyl (C=O) groups excluding carboxylic acids is 2. The van der Waals surface area contributed by atoms with Crippen LogP contribution in [0.3, 0.4) is 0 Å². The zero-order chi connectivity index (χ0) is 14.8. The second kappa shape index (κ2) is 8.76. The van der Waals surface area contributed by atoms with E-state index in [0.717, 1.165) is 0 Å². The molecule has 0 aliphatic heterocycles. The lowest BCUT2D eigenvalue weighted by Gasteiger charge is -2.18. The predicted molar refractivity (Wildman–Crippen MR) is 73.9 cm³/mol. The minimum atomic E-state index is -0.377. The summed E-state index contributed by atoms with van der Waals surface area (Å²) < 4.78 is 4.85. The number of nitrogens with zero attached hydrogens (tertiary/aromatic N) is 3. The van der Waals surface area contributed by atoms with Crippen molar-refractivity contribution in [2.24, 2.45) is 0 Å². The molecule has 1 heterocycles. The van der Waals surface area contributed by atoms with Crippen LogP contribution in [0, 0.1) is 0 Å². The number of hydrogen-bond donors (Lipinski definition) is 1. The van der Waals surface area contributed by atoms with Gasteiger partial charge in [0.05, 0.1) is 19.7 Å². The molecule has 20 heavy (non-hydrogen) atoms. The number of amides is 1. The highest BCUT2D eigenvalue weighted by molar-refractivity contribution is 5.90. The molecule has 0 saturated heterocycles. The molecule has 0 aliphatic carbocycles. The molecule has 1 rings (SSSR count). The Labute approximate surface area is 117 Å². The van der Waals surface area contributed by atoms with Crippen molar-refractivity contribution in [3.8, 4) is 0 Å². The fourth-order valence-corrected chi connectivity index (χ4v) is 1.49. The van der Waals surface area contributed by atoms with E-state index in [0.29, 0.717) is 13.2 Å². The van der Waals surface area contributed by atoms with Gasteiger partial charge >= 0.3 is 5.97 Å². The van der Waals surface area contributed by atoms with Crippen LogP contribution in [-0.4, -0.2) is 53.0 Å². The average Bonchev–Trinajstić information content (AvgIpc) is 2.40. The molecule has 0 aromatic carbocycles. The average molecular weight is 278 g/mol. The zero-order valence-electron chi connectivity index (χ0n) is 11.4. The summed E-state index contributed by atoms with van der Waals surface area (Å²) in [5, 5.41) is 2.55.